The number of nitrogens with zero attached hydrogens (tertiary/aromatic N) is 3. The van der Waals surface area contributed by atoms with E-state index in [1.165, 1.54) is 12.1 Å². The second-order valence-corrected chi connectivity index (χ2v) is 10.9. The molecule has 0 saturated heterocycles. The molecule has 0 fully saturated rings. The summed E-state index contributed by atoms with van der Waals surface area (Å²) in [6.45, 7) is 11.7. The molecule has 0 aliphatic carbocycles. The molecule has 0 spiro atoms. The third kappa shape index (κ3) is 6.40. The van der Waals surface area contributed by atoms with Crippen LogP contribution >= 0.6 is 0 Å². The lowest BCUT2D eigenvalue weighted by Crippen LogP contribution is -2.31. The highest BCUT2D eigenvalue weighted by Crippen LogP contribution is 2.33. The number of hydrogen-bond donors (Lipinski definition) is 1. The van der Waals surface area contributed by atoms with E-state index < -0.39 is 15.9 Å². The van der Waals surface area contributed by atoms with Gasteiger partial charge in [0, 0.05) is 14.6 Å². The maximum Gasteiger partial charge on any atom is 0.281 e. The van der Waals surface area contributed by atoms with Gasteiger partial charge in [0.1, 0.15) is 11.3 Å². The number of pyridine rings is 3. The Hall–Kier alpha value is -4.31. The SMILES string of the molecule is CCOc1cc(C)cc(-c2ccc(C(=O)NS(=O)(=O)c3cccc(C)n3)c(Oc3c(C)cc(C)cc3C)n2)n1.[HH].[HH]. The Morgan fingerprint density at radius 3 is 2.23 bits per heavy atom. The van der Waals surface area contributed by atoms with Crippen LogP contribution in [0.2, 0.25) is 0 Å². The lowest BCUT2D eigenvalue weighted by atomic mass is 10.1. The van der Waals surface area contributed by atoms with Gasteiger partial charge in [0.25, 0.3) is 15.9 Å². The van der Waals surface area contributed by atoms with Crippen molar-refractivity contribution in [1.29, 1.82) is 0 Å². The molecule has 10 heteroatoms. The van der Waals surface area contributed by atoms with E-state index in [9.17, 15) is 13.2 Å². The molecule has 0 saturated carbocycles. The highest BCUT2D eigenvalue weighted by Gasteiger charge is 2.25. The fourth-order valence-corrected chi connectivity index (χ4v) is 5.12. The topological polar surface area (TPSA) is 120 Å². The zero-order chi connectivity index (χ0) is 28.3. The van der Waals surface area contributed by atoms with Crippen LogP contribution in [-0.2, 0) is 10.0 Å². The van der Waals surface area contributed by atoms with Gasteiger partial charge in [0.15, 0.2) is 5.03 Å². The number of aromatic nitrogens is 3. The van der Waals surface area contributed by atoms with Gasteiger partial charge in [0.05, 0.1) is 18.0 Å². The van der Waals surface area contributed by atoms with Crippen molar-refractivity contribution in [3.05, 3.63) is 88.1 Å². The minimum absolute atomic E-state index is 0. The number of carbonyl (C=O) groups is 1. The van der Waals surface area contributed by atoms with E-state index in [4.69, 9.17) is 9.47 Å². The van der Waals surface area contributed by atoms with Crippen molar-refractivity contribution in [3.63, 3.8) is 0 Å². The molecule has 4 aromatic rings. The molecule has 3 aromatic heterocycles. The van der Waals surface area contributed by atoms with E-state index in [1.54, 1.807) is 25.1 Å². The average Bonchev–Trinajstić information content (AvgIpc) is 2.85. The third-order valence-corrected chi connectivity index (χ3v) is 7.01. The Morgan fingerprint density at radius 2 is 1.56 bits per heavy atom. The maximum atomic E-state index is 13.3. The monoisotopic (exact) mass is 550 g/mol. The second kappa shape index (κ2) is 11.2. The predicted octanol–water partition coefficient (Wildman–Crippen LogP) is 5.88. The van der Waals surface area contributed by atoms with Gasteiger partial charge >= 0.3 is 0 Å². The van der Waals surface area contributed by atoms with Gasteiger partial charge in [-0.25, -0.2) is 19.7 Å². The smallest absolute Gasteiger partial charge is 0.281 e. The van der Waals surface area contributed by atoms with Crippen LogP contribution in [0.15, 0.2) is 59.6 Å². The fourth-order valence-electron chi connectivity index (χ4n) is 4.14. The van der Waals surface area contributed by atoms with Gasteiger partial charge in [-0.05, 0) is 88.6 Å². The number of nitrogens with one attached hydrogen (secondary N) is 1. The largest absolute Gasteiger partial charge is 0.478 e. The zero-order valence-corrected chi connectivity index (χ0v) is 23.5. The van der Waals surface area contributed by atoms with Crippen LogP contribution in [-0.4, -0.2) is 35.9 Å². The quantitative estimate of drug-likeness (QED) is 0.289. The molecule has 1 aromatic carbocycles. The molecular weight excluding hydrogens is 516 g/mol. The molecule has 4 rings (SSSR count). The molecule has 0 unspecified atom stereocenters. The van der Waals surface area contributed by atoms with Crippen LogP contribution in [0.5, 0.6) is 17.5 Å². The highest BCUT2D eigenvalue weighted by molar-refractivity contribution is 7.90. The molecule has 0 radical (unpaired) electrons. The molecule has 1 N–H and O–H groups in total. The standard InChI is InChI=1S/C29H30N4O5S.2H2/c1-7-37-25-16-18(3)15-24(31-25)23-12-11-22(28(34)33-39(35,36)26-10-8-9-21(6)30-26)29(32-23)38-27-19(4)13-17(2)14-20(27)5;;/h8-16H,7H2,1-6H3,(H,33,34);2*1H. The number of carbonyl (C=O) groups excluding carboxylic acids is 1. The molecule has 206 valence electrons. The van der Waals surface area contributed by atoms with Crippen LogP contribution in [0.1, 0.15) is 48.1 Å². The van der Waals surface area contributed by atoms with E-state index in [-0.39, 0.29) is 19.3 Å². The van der Waals surface area contributed by atoms with Gasteiger partial charge < -0.3 is 9.47 Å². The Balaban J connectivity index is 0.00000294. The zero-order valence-electron chi connectivity index (χ0n) is 22.7. The number of hydrogen-bond acceptors (Lipinski definition) is 8. The average molecular weight is 551 g/mol. The first-order valence-corrected chi connectivity index (χ1v) is 13.8. The lowest BCUT2D eigenvalue weighted by molar-refractivity contribution is 0.0978. The van der Waals surface area contributed by atoms with Crippen LogP contribution in [0.4, 0.5) is 0 Å². The van der Waals surface area contributed by atoms with Crippen molar-refractivity contribution in [2.24, 2.45) is 0 Å². The van der Waals surface area contributed by atoms with Gasteiger partial charge in [-0.15, -0.1) is 0 Å². The molecule has 39 heavy (non-hydrogen) atoms. The summed E-state index contributed by atoms with van der Waals surface area (Å²) in [5.41, 5.74) is 5.04. The van der Waals surface area contributed by atoms with Crippen molar-refractivity contribution in [1.82, 2.24) is 19.7 Å². The van der Waals surface area contributed by atoms with Gasteiger partial charge in [0.2, 0.25) is 11.8 Å². The van der Waals surface area contributed by atoms with E-state index >= 15 is 0 Å². The summed E-state index contributed by atoms with van der Waals surface area (Å²) < 4.78 is 39.7. The Bertz CT molecular complexity index is 1660. The van der Waals surface area contributed by atoms with Gasteiger partial charge in [-0.2, -0.15) is 8.42 Å². The third-order valence-electron chi connectivity index (χ3n) is 5.77. The molecule has 1 amide bonds. The van der Waals surface area contributed by atoms with Crippen LogP contribution in [0, 0.1) is 34.6 Å². The Labute approximate surface area is 231 Å². The molecule has 0 aliphatic rings. The van der Waals surface area contributed by atoms with Crippen LogP contribution in [0.25, 0.3) is 11.4 Å². The first kappa shape index (κ1) is 27.7. The fraction of sp³-hybridized carbons (Fsp3) is 0.241. The first-order chi connectivity index (χ1) is 18.5. The molecule has 0 bridgehead atoms. The number of ether oxygens (including phenoxy) is 2. The summed E-state index contributed by atoms with van der Waals surface area (Å²) in [6.07, 6.45) is 0. The van der Waals surface area contributed by atoms with Crippen molar-refractivity contribution in [2.75, 3.05) is 6.61 Å². The van der Waals surface area contributed by atoms with E-state index in [1.807, 2.05) is 58.9 Å². The minimum Gasteiger partial charge on any atom is -0.478 e. The normalized spacial score (nSPS) is 11.2. The Kier molecular flexibility index (Phi) is 7.96. The minimum atomic E-state index is -4.24. The molecule has 0 atom stereocenters. The summed E-state index contributed by atoms with van der Waals surface area (Å²) >= 11 is 0. The Morgan fingerprint density at radius 1 is 0.872 bits per heavy atom. The summed E-state index contributed by atoms with van der Waals surface area (Å²) in [4.78, 5) is 26.5. The maximum absolute atomic E-state index is 13.3. The number of aryl methyl sites for hydroxylation is 5. The van der Waals surface area contributed by atoms with Crippen LogP contribution in [0.3, 0.4) is 0 Å². The van der Waals surface area contributed by atoms with Crippen molar-refractivity contribution >= 4 is 15.9 Å². The summed E-state index contributed by atoms with van der Waals surface area (Å²) in [7, 11) is -4.24. The summed E-state index contributed by atoms with van der Waals surface area (Å²) in [5.74, 6) is 0.00553. The first-order valence-electron chi connectivity index (χ1n) is 12.4. The van der Waals surface area contributed by atoms with Crippen molar-refractivity contribution in [3.8, 4) is 28.9 Å². The van der Waals surface area contributed by atoms with Gasteiger partial charge in [-0.1, -0.05) is 23.8 Å². The van der Waals surface area contributed by atoms with E-state index in [0.29, 0.717) is 35.3 Å². The number of sulfonamides is 1. The molecule has 9 nitrogen and oxygen atoms in total. The highest BCUT2D eigenvalue weighted by atomic mass is 32.2. The van der Waals surface area contributed by atoms with E-state index in [0.717, 1.165) is 22.3 Å². The predicted molar refractivity (Wildman–Crippen MR) is 152 cm³/mol. The van der Waals surface area contributed by atoms with Crippen molar-refractivity contribution in [2.45, 2.75) is 46.6 Å². The molecule has 0 aliphatic heterocycles. The summed E-state index contributed by atoms with van der Waals surface area (Å²) in [6, 6.07) is 15.2. The molecular formula is C29H34N4O5S. The number of rotatable bonds is 8. The van der Waals surface area contributed by atoms with Gasteiger partial charge in [-0.3, -0.25) is 4.79 Å². The molecule has 3 heterocycles. The lowest BCUT2D eigenvalue weighted by Gasteiger charge is -2.16. The summed E-state index contributed by atoms with van der Waals surface area (Å²) in [5, 5.41) is -0.263. The van der Waals surface area contributed by atoms with Crippen LogP contribution < -0.4 is 14.2 Å². The number of benzene rings is 1. The second-order valence-electron chi connectivity index (χ2n) is 9.23. The van der Waals surface area contributed by atoms with Crippen molar-refractivity contribution < 1.29 is 25.5 Å². The number of amides is 1. The van der Waals surface area contributed by atoms with E-state index in [2.05, 4.69) is 19.7 Å².